The summed E-state index contributed by atoms with van der Waals surface area (Å²) in [5.74, 6) is 0.120. The zero-order chi connectivity index (χ0) is 13.1. The number of aryl methyl sites for hydroxylation is 2. The first-order chi connectivity index (χ1) is 8.58. The number of carbonyl (C=O) groups excluding carboxylic acids is 1. The predicted octanol–water partition coefficient (Wildman–Crippen LogP) is 0.240. The maximum absolute atomic E-state index is 12.2. The van der Waals surface area contributed by atoms with Crippen molar-refractivity contribution in [1.82, 2.24) is 0 Å². The van der Waals surface area contributed by atoms with Crippen molar-refractivity contribution in [2.45, 2.75) is 20.4 Å². The lowest BCUT2D eigenvalue weighted by atomic mass is 10.0. The van der Waals surface area contributed by atoms with Gasteiger partial charge in [0, 0.05) is 33.6 Å². The average molecular weight is 385 g/mol. The highest BCUT2D eigenvalue weighted by atomic mass is 79.9. The van der Waals surface area contributed by atoms with E-state index >= 15 is 0 Å². The zero-order valence-corrected chi connectivity index (χ0v) is 14.0. The Bertz CT molecular complexity index is 596. The maximum atomic E-state index is 12.2. The molecule has 0 aliphatic rings. The van der Waals surface area contributed by atoms with Crippen LogP contribution in [0.1, 0.15) is 21.5 Å². The summed E-state index contributed by atoms with van der Waals surface area (Å²) in [5, 5.41) is 0. The second-order valence-electron chi connectivity index (χ2n) is 4.37. The van der Waals surface area contributed by atoms with Gasteiger partial charge < -0.3 is 17.0 Å². The van der Waals surface area contributed by atoms with Gasteiger partial charge in [0.2, 0.25) is 16.9 Å². The van der Waals surface area contributed by atoms with Crippen LogP contribution in [0.25, 0.3) is 0 Å². The highest BCUT2D eigenvalue weighted by Gasteiger charge is 2.14. The van der Waals surface area contributed by atoms with E-state index in [1.165, 1.54) is 5.56 Å². The van der Waals surface area contributed by atoms with Crippen LogP contribution < -0.4 is 21.5 Å². The van der Waals surface area contributed by atoms with Crippen LogP contribution >= 0.6 is 15.9 Å². The van der Waals surface area contributed by atoms with Crippen molar-refractivity contribution in [3.05, 3.63) is 63.9 Å². The smallest absolute Gasteiger partial charge is 0.248 e. The van der Waals surface area contributed by atoms with Crippen LogP contribution in [0.15, 0.2) is 47.2 Å². The largest absolute Gasteiger partial charge is 1.00 e. The second-order valence-corrected chi connectivity index (χ2v) is 5.19. The Labute approximate surface area is 132 Å². The topological polar surface area (TPSA) is 20.9 Å². The van der Waals surface area contributed by atoms with E-state index in [0.29, 0.717) is 6.54 Å². The van der Waals surface area contributed by atoms with Gasteiger partial charge in [-0.25, -0.2) is 0 Å². The number of Topliss-reactive ketones (excluding diaryl/α,β-unsaturated/α-hetero) is 1. The number of halogens is 2. The van der Waals surface area contributed by atoms with Crippen molar-refractivity contribution in [1.29, 1.82) is 0 Å². The van der Waals surface area contributed by atoms with Gasteiger partial charge in [-0.2, -0.15) is 4.57 Å². The second kappa shape index (κ2) is 6.96. The molecule has 0 N–H and O–H groups in total. The molecule has 100 valence electrons. The predicted molar refractivity (Wildman–Crippen MR) is 74.6 cm³/mol. The Kier molecular flexibility index (Phi) is 5.88. The van der Waals surface area contributed by atoms with E-state index in [1.54, 1.807) is 0 Å². The standard InChI is InChI=1S/C15H15BrNO.BrH/c1-11-6-7-13(9-12(11)2)14(18)10-17-8-4-3-5-15(17)16;/h3-9H,10H2,1-2H3;1H/q+1;/p-1. The van der Waals surface area contributed by atoms with Gasteiger partial charge in [-0.1, -0.05) is 12.1 Å². The van der Waals surface area contributed by atoms with Gasteiger partial charge >= 0.3 is 0 Å². The van der Waals surface area contributed by atoms with E-state index in [-0.39, 0.29) is 22.8 Å². The summed E-state index contributed by atoms with van der Waals surface area (Å²) >= 11 is 3.43. The molecule has 1 heterocycles. The highest BCUT2D eigenvalue weighted by Crippen LogP contribution is 2.11. The summed E-state index contributed by atoms with van der Waals surface area (Å²) < 4.78 is 2.79. The van der Waals surface area contributed by atoms with Crippen LogP contribution in [0.2, 0.25) is 0 Å². The van der Waals surface area contributed by atoms with Crippen LogP contribution in [0.3, 0.4) is 0 Å². The lowest BCUT2D eigenvalue weighted by Gasteiger charge is -2.03. The minimum absolute atomic E-state index is 0. The van der Waals surface area contributed by atoms with Crippen molar-refractivity contribution < 1.29 is 26.3 Å². The third-order valence-electron chi connectivity index (χ3n) is 3.03. The van der Waals surface area contributed by atoms with Crippen molar-refractivity contribution in [2.24, 2.45) is 0 Å². The minimum atomic E-state index is 0. The Morgan fingerprint density at radius 1 is 1.16 bits per heavy atom. The molecule has 0 saturated heterocycles. The molecule has 4 heteroatoms. The Hall–Kier alpha value is -1.000. The third-order valence-corrected chi connectivity index (χ3v) is 3.75. The Balaban J connectivity index is 0.00000180. The van der Waals surface area contributed by atoms with E-state index in [4.69, 9.17) is 0 Å². The number of hydrogen-bond donors (Lipinski definition) is 0. The number of hydrogen-bond acceptors (Lipinski definition) is 1. The summed E-state index contributed by atoms with van der Waals surface area (Å²) in [6.45, 7) is 4.42. The number of benzene rings is 1. The van der Waals surface area contributed by atoms with E-state index in [2.05, 4.69) is 15.9 Å². The molecule has 2 nitrogen and oxygen atoms in total. The molecule has 0 radical (unpaired) electrons. The molecule has 0 unspecified atom stereocenters. The van der Waals surface area contributed by atoms with Crippen molar-refractivity contribution >= 4 is 21.7 Å². The number of rotatable bonds is 3. The van der Waals surface area contributed by atoms with Gasteiger partial charge in [0.1, 0.15) is 0 Å². The van der Waals surface area contributed by atoms with Crippen molar-refractivity contribution in [2.75, 3.05) is 0 Å². The summed E-state index contributed by atoms with van der Waals surface area (Å²) in [5.41, 5.74) is 3.12. The third kappa shape index (κ3) is 3.98. The summed E-state index contributed by atoms with van der Waals surface area (Å²) in [7, 11) is 0. The van der Waals surface area contributed by atoms with Crippen LogP contribution in [0.5, 0.6) is 0 Å². The summed E-state index contributed by atoms with van der Waals surface area (Å²) in [6, 6.07) is 11.6. The summed E-state index contributed by atoms with van der Waals surface area (Å²) in [4.78, 5) is 12.2. The van der Waals surface area contributed by atoms with Crippen molar-refractivity contribution in [3.63, 3.8) is 0 Å². The first-order valence-electron chi connectivity index (χ1n) is 5.82. The molecule has 0 spiro atoms. The van der Waals surface area contributed by atoms with Gasteiger partial charge in [0.05, 0.1) is 0 Å². The quantitative estimate of drug-likeness (QED) is 0.422. The maximum Gasteiger partial charge on any atom is 0.248 e. The molecular weight excluding hydrogens is 370 g/mol. The molecule has 1 aromatic heterocycles. The molecule has 0 aliphatic heterocycles. The molecule has 2 aromatic rings. The minimum Gasteiger partial charge on any atom is -1.00 e. The lowest BCUT2D eigenvalue weighted by molar-refractivity contribution is -0.694. The van der Waals surface area contributed by atoms with Crippen LogP contribution in [-0.2, 0) is 6.54 Å². The molecule has 0 bridgehead atoms. The zero-order valence-electron chi connectivity index (χ0n) is 10.9. The van der Waals surface area contributed by atoms with Gasteiger partial charge in [-0.05, 0) is 37.1 Å². The first kappa shape index (κ1) is 16.1. The molecule has 2 rings (SSSR count). The van der Waals surface area contributed by atoms with E-state index in [0.717, 1.165) is 15.7 Å². The fourth-order valence-corrected chi connectivity index (χ4v) is 2.14. The highest BCUT2D eigenvalue weighted by molar-refractivity contribution is 9.10. The molecule has 1 aromatic carbocycles. The molecule has 19 heavy (non-hydrogen) atoms. The van der Waals surface area contributed by atoms with Crippen LogP contribution in [-0.4, -0.2) is 5.78 Å². The van der Waals surface area contributed by atoms with E-state index in [9.17, 15) is 4.79 Å². The van der Waals surface area contributed by atoms with Gasteiger partial charge in [0.25, 0.3) is 0 Å². The Morgan fingerprint density at radius 2 is 1.89 bits per heavy atom. The van der Waals surface area contributed by atoms with Crippen molar-refractivity contribution in [3.8, 4) is 0 Å². The molecule has 0 fully saturated rings. The van der Waals surface area contributed by atoms with Gasteiger partial charge in [-0.15, -0.1) is 0 Å². The fourth-order valence-electron chi connectivity index (χ4n) is 1.74. The average Bonchev–Trinajstić information content (AvgIpc) is 2.35. The van der Waals surface area contributed by atoms with Gasteiger partial charge in [-0.3, -0.25) is 4.79 Å². The molecule has 0 aliphatic carbocycles. The summed E-state index contributed by atoms with van der Waals surface area (Å²) in [6.07, 6.45) is 1.89. The number of carbonyl (C=O) groups is 1. The normalized spacial score (nSPS) is 9.84. The van der Waals surface area contributed by atoms with E-state index in [1.807, 2.05) is 61.0 Å². The SMILES string of the molecule is Cc1ccc(C(=O)C[n+]2ccccc2Br)cc1C.[Br-]. The Morgan fingerprint density at radius 3 is 2.53 bits per heavy atom. The molecule has 0 atom stereocenters. The number of pyridine rings is 1. The van der Waals surface area contributed by atoms with E-state index < -0.39 is 0 Å². The number of nitrogens with zero attached hydrogens (tertiary/aromatic N) is 1. The first-order valence-corrected chi connectivity index (χ1v) is 6.61. The van der Waals surface area contributed by atoms with Crippen LogP contribution in [0.4, 0.5) is 0 Å². The van der Waals surface area contributed by atoms with Gasteiger partial charge in [0.15, 0.2) is 6.20 Å². The number of ketones is 1. The molecular formula is C15H15Br2NO. The lowest BCUT2D eigenvalue weighted by Crippen LogP contribution is -3.00. The molecule has 0 saturated carbocycles. The monoisotopic (exact) mass is 383 g/mol. The number of aromatic nitrogens is 1. The molecule has 0 amide bonds. The van der Waals surface area contributed by atoms with Crippen LogP contribution in [0, 0.1) is 13.8 Å². The fraction of sp³-hybridized carbons (Fsp3) is 0.200.